The van der Waals surface area contributed by atoms with Gasteiger partial charge in [-0.25, -0.2) is 0 Å². The molecule has 2 aromatic carbocycles. The fourth-order valence-electron chi connectivity index (χ4n) is 4.81. The minimum absolute atomic E-state index is 0.0587. The number of nitrogens with zero attached hydrogens (tertiary/aromatic N) is 3. The maximum absolute atomic E-state index is 13.4. The number of nitrogens with one attached hydrogen (secondary N) is 1. The second-order valence-electron chi connectivity index (χ2n) is 8.21. The van der Waals surface area contributed by atoms with Crippen LogP contribution in [0.1, 0.15) is 28.9 Å². The molecule has 3 aromatic rings. The molecule has 6 heteroatoms. The molecule has 0 unspecified atom stereocenters. The van der Waals surface area contributed by atoms with E-state index in [0.717, 1.165) is 49.3 Å². The summed E-state index contributed by atoms with van der Waals surface area (Å²) in [5.74, 6) is 1.46. The van der Waals surface area contributed by atoms with E-state index in [1.54, 1.807) is 7.11 Å². The number of hydrogen-bond donors (Lipinski definition) is 1. The summed E-state index contributed by atoms with van der Waals surface area (Å²) in [6.45, 7) is 3.68. The van der Waals surface area contributed by atoms with Gasteiger partial charge in [-0.15, -0.1) is 0 Å². The van der Waals surface area contributed by atoms with Crippen LogP contribution in [0.2, 0.25) is 0 Å². The first-order valence-corrected chi connectivity index (χ1v) is 10.3. The summed E-state index contributed by atoms with van der Waals surface area (Å²) in [6.07, 6.45) is 2.26. The van der Waals surface area contributed by atoms with Gasteiger partial charge in [0.05, 0.1) is 12.6 Å². The van der Waals surface area contributed by atoms with Crippen molar-refractivity contribution in [3.8, 4) is 5.75 Å². The van der Waals surface area contributed by atoms with Crippen molar-refractivity contribution in [2.75, 3.05) is 26.7 Å². The second kappa shape index (κ2) is 7.52. The molecule has 0 radical (unpaired) electrons. The number of amides is 1. The highest BCUT2D eigenvalue weighted by Gasteiger charge is 2.38. The Labute approximate surface area is 170 Å². The van der Waals surface area contributed by atoms with E-state index in [9.17, 15) is 4.79 Å². The van der Waals surface area contributed by atoms with Crippen LogP contribution < -0.4 is 4.74 Å². The summed E-state index contributed by atoms with van der Waals surface area (Å²) in [5, 5.41) is 8.26. The molecule has 6 nitrogen and oxygen atoms in total. The molecular weight excluding hydrogens is 364 g/mol. The molecule has 3 aliphatic rings. The Morgan fingerprint density at radius 2 is 1.93 bits per heavy atom. The predicted molar refractivity (Wildman–Crippen MR) is 112 cm³/mol. The van der Waals surface area contributed by atoms with Crippen molar-refractivity contribution in [1.29, 1.82) is 0 Å². The van der Waals surface area contributed by atoms with Crippen LogP contribution in [0.25, 0.3) is 10.9 Å². The van der Waals surface area contributed by atoms with Gasteiger partial charge in [0.15, 0.2) is 5.69 Å². The van der Waals surface area contributed by atoms with Gasteiger partial charge >= 0.3 is 0 Å². The van der Waals surface area contributed by atoms with Crippen LogP contribution in [-0.2, 0) is 6.54 Å². The summed E-state index contributed by atoms with van der Waals surface area (Å²) in [7, 11) is 1.69. The van der Waals surface area contributed by atoms with Crippen LogP contribution in [0, 0.1) is 5.92 Å². The number of benzene rings is 2. The molecule has 2 atom stereocenters. The van der Waals surface area contributed by atoms with E-state index in [0.29, 0.717) is 11.6 Å². The minimum atomic E-state index is 0.0587. The number of carbonyl (C=O) groups excluding carboxylic acids is 1. The first-order chi connectivity index (χ1) is 14.2. The topological polar surface area (TPSA) is 61.5 Å². The first kappa shape index (κ1) is 18.2. The lowest BCUT2D eigenvalue weighted by Gasteiger charge is -2.35. The van der Waals surface area contributed by atoms with E-state index in [1.165, 1.54) is 12.0 Å². The van der Waals surface area contributed by atoms with Crippen LogP contribution in [0.3, 0.4) is 0 Å². The number of fused-ring (bicyclic) bond motifs is 5. The summed E-state index contributed by atoms with van der Waals surface area (Å²) in [5.41, 5.74) is 2.75. The number of piperidine rings is 1. The van der Waals surface area contributed by atoms with Gasteiger partial charge in [-0.2, -0.15) is 5.10 Å². The summed E-state index contributed by atoms with van der Waals surface area (Å²) < 4.78 is 5.26. The first-order valence-electron chi connectivity index (χ1n) is 10.3. The Bertz CT molecular complexity index is 1010. The maximum atomic E-state index is 13.4. The Morgan fingerprint density at radius 1 is 1.10 bits per heavy atom. The van der Waals surface area contributed by atoms with Crippen molar-refractivity contribution in [1.82, 2.24) is 20.0 Å². The number of aromatic amines is 1. The molecule has 2 bridgehead atoms. The highest BCUT2D eigenvalue weighted by molar-refractivity contribution is 6.04. The van der Waals surface area contributed by atoms with Gasteiger partial charge in [0.25, 0.3) is 5.91 Å². The number of methoxy groups -OCH3 is 1. The zero-order valence-electron chi connectivity index (χ0n) is 16.7. The molecule has 4 heterocycles. The molecule has 1 N–H and O–H groups in total. The zero-order chi connectivity index (χ0) is 19.8. The van der Waals surface area contributed by atoms with Gasteiger partial charge in [0.2, 0.25) is 0 Å². The van der Waals surface area contributed by atoms with Gasteiger partial charge in [-0.3, -0.25) is 14.8 Å². The van der Waals surface area contributed by atoms with E-state index >= 15 is 0 Å². The van der Waals surface area contributed by atoms with Crippen molar-refractivity contribution >= 4 is 16.8 Å². The molecule has 0 aliphatic carbocycles. The Hall–Kier alpha value is -2.86. The summed E-state index contributed by atoms with van der Waals surface area (Å²) >= 11 is 0. The number of H-pyrrole nitrogens is 1. The van der Waals surface area contributed by atoms with E-state index in [1.807, 2.05) is 36.4 Å². The number of hydrogen-bond acceptors (Lipinski definition) is 4. The van der Waals surface area contributed by atoms with Crippen molar-refractivity contribution in [3.05, 3.63) is 59.8 Å². The van der Waals surface area contributed by atoms with Gasteiger partial charge in [0.1, 0.15) is 5.75 Å². The van der Waals surface area contributed by atoms with Crippen molar-refractivity contribution in [2.45, 2.75) is 25.4 Å². The Kier molecular flexibility index (Phi) is 4.72. The lowest BCUT2D eigenvalue weighted by molar-refractivity contribution is 0.0581. The lowest BCUT2D eigenvalue weighted by Crippen LogP contribution is -2.47. The van der Waals surface area contributed by atoms with E-state index < -0.39 is 0 Å². The van der Waals surface area contributed by atoms with E-state index in [4.69, 9.17) is 4.74 Å². The Balaban J connectivity index is 1.34. The van der Waals surface area contributed by atoms with E-state index in [2.05, 4.69) is 32.1 Å². The van der Waals surface area contributed by atoms with Gasteiger partial charge in [0, 0.05) is 37.6 Å². The number of carbonyl (C=O) groups is 1. The number of rotatable bonds is 4. The van der Waals surface area contributed by atoms with Gasteiger partial charge < -0.3 is 9.64 Å². The maximum Gasteiger partial charge on any atom is 0.275 e. The molecule has 29 heavy (non-hydrogen) atoms. The largest absolute Gasteiger partial charge is 0.497 e. The molecule has 0 spiro atoms. The molecular formula is C23H26N4O2. The lowest BCUT2D eigenvalue weighted by atomic mass is 9.94. The zero-order valence-corrected chi connectivity index (χ0v) is 16.7. The summed E-state index contributed by atoms with van der Waals surface area (Å²) in [4.78, 5) is 17.9. The number of para-hydroxylation sites is 1. The Morgan fingerprint density at radius 3 is 2.76 bits per heavy atom. The SMILES string of the molecule is COc1ccc(CN2C[C@@H]3CC[C@H](C2)N(C(=O)c2n[nH]c4ccccc24)C3)cc1. The molecule has 0 saturated carbocycles. The molecule has 3 aliphatic heterocycles. The summed E-state index contributed by atoms with van der Waals surface area (Å²) in [6, 6.07) is 16.4. The normalized spacial score (nSPS) is 22.0. The van der Waals surface area contributed by atoms with Crippen molar-refractivity contribution < 1.29 is 9.53 Å². The molecule has 1 aromatic heterocycles. The number of ether oxygens (including phenoxy) is 1. The molecule has 1 amide bonds. The van der Waals surface area contributed by atoms with Crippen LogP contribution in [0.15, 0.2) is 48.5 Å². The molecule has 3 fully saturated rings. The van der Waals surface area contributed by atoms with Crippen molar-refractivity contribution in [3.63, 3.8) is 0 Å². The molecule has 3 saturated heterocycles. The third kappa shape index (κ3) is 3.49. The van der Waals surface area contributed by atoms with Crippen LogP contribution >= 0.6 is 0 Å². The van der Waals surface area contributed by atoms with Crippen LogP contribution in [-0.4, -0.2) is 58.7 Å². The highest BCUT2D eigenvalue weighted by Crippen LogP contribution is 2.31. The standard InChI is InChI=1S/C23H26N4O2/c1-29-19-10-7-16(8-11-19)12-26-13-17-6-9-18(15-26)27(14-17)23(28)22-20-4-2-3-5-21(20)24-25-22/h2-5,7-8,10-11,17-18H,6,9,12-15H2,1H3,(H,24,25)/t17-,18+/m0/s1. The quantitative estimate of drug-likeness (QED) is 0.742. The monoisotopic (exact) mass is 390 g/mol. The molecule has 150 valence electrons. The van der Waals surface area contributed by atoms with E-state index in [-0.39, 0.29) is 11.9 Å². The highest BCUT2D eigenvalue weighted by atomic mass is 16.5. The average molecular weight is 390 g/mol. The van der Waals surface area contributed by atoms with Gasteiger partial charge in [-0.05, 0) is 42.5 Å². The average Bonchev–Trinajstić information content (AvgIpc) is 2.99. The fraction of sp³-hybridized carbons (Fsp3) is 0.391. The fourth-order valence-corrected chi connectivity index (χ4v) is 4.81. The van der Waals surface area contributed by atoms with Crippen molar-refractivity contribution in [2.24, 2.45) is 5.92 Å². The second-order valence-corrected chi connectivity index (χ2v) is 8.21. The number of aromatic nitrogens is 2. The van der Waals surface area contributed by atoms with Gasteiger partial charge in [-0.1, -0.05) is 30.3 Å². The third-order valence-corrected chi connectivity index (χ3v) is 6.29. The van der Waals surface area contributed by atoms with Crippen LogP contribution in [0.4, 0.5) is 0 Å². The molecule has 6 rings (SSSR count). The van der Waals surface area contributed by atoms with Crippen LogP contribution in [0.5, 0.6) is 5.75 Å². The smallest absolute Gasteiger partial charge is 0.275 e. The third-order valence-electron chi connectivity index (χ3n) is 6.29. The predicted octanol–water partition coefficient (Wildman–Crippen LogP) is 3.31. The minimum Gasteiger partial charge on any atom is -0.497 e.